The normalized spacial score (nSPS) is 12.0. The fourth-order valence-corrected chi connectivity index (χ4v) is 9.15. The fourth-order valence-electron chi connectivity index (χ4n) is 5.84. The minimum atomic E-state index is -4.98. The zero-order valence-electron chi connectivity index (χ0n) is 30.2. The van der Waals surface area contributed by atoms with Gasteiger partial charge in [-0.05, 0) is 103 Å². The number of rotatable bonds is 9. The third-order valence-corrected chi connectivity index (χ3v) is 13.9. The first-order valence-electron chi connectivity index (χ1n) is 16.1. The average molecular weight is 996 g/mol. The van der Waals surface area contributed by atoms with Crippen LogP contribution in [0.3, 0.4) is 0 Å². The van der Waals surface area contributed by atoms with Gasteiger partial charge < -0.3 is 25.5 Å². The standard InChI is InChI=1S/C23H24O12S3.C13H6Cl6O2/c1-11-4-18(24)20(36(27,28)29)8-14(11)6-16-10-22(38(33,34)35)23(26)17(13(16)3)7-15-9-21(37(30,31)32)19(25)5-12(15)2;14-6-2-8(16)12(20)4(10(6)18)1-5-11(19)7(15)3-9(17)13(5)21/h4-5,8-10,24-26H,6-7H2,1-3H3,(H,27,28,29)(H,30,31,32)(H,33,34,35);2-3,20-21H,1H2. The lowest BCUT2D eigenvalue weighted by Crippen LogP contribution is -2.08. The van der Waals surface area contributed by atoms with Crippen molar-refractivity contribution in [1.29, 1.82) is 0 Å². The van der Waals surface area contributed by atoms with Gasteiger partial charge in [0, 0.05) is 29.5 Å². The summed E-state index contributed by atoms with van der Waals surface area (Å²) in [5, 5.41) is 51.3. The molecule has 0 bridgehead atoms. The second kappa shape index (κ2) is 17.9. The van der Waals surface area contributed by atoms with Gasteiger partial charge in [-0.1, -0.05) is 69.6 Å². The molecule has 0 aromatic heterocycles. The van der Waals surface area contributed by atoms with Crippen LogP contribution in [0.2, 0.25) is 30.1 Å². The van der Waals surface area contributed by atoms with Crippen LogP contribution in [0, 0.1) is 20.8 Å². The maximum Gasteiger partial charge on any atom is 0.298 e. The minimum Gasteiger partial charge on any atom is -0.506 e. The van der Waals surface area contributed by atoms with E-state index in [1.807, 2.05) is 0 Å². The van der Waals surface area contributed by atoms with Crippen LogP contribution in [0.5, 0.6) is 28.7 Å². The number of aromatic hydroxyl groups is 5. The predicted molar refractivity (Wildman–Crippen MR) is 223 cm³/mol. The highest BCUT2D eigenvalue weighted by atomic mass is 35.5. The van der Waals surface area contributed by atoms with E-state index in [0.717, 1.165) is 30.3 Å². The van der Waals surface area contributed by atoms with Gasteiger partial charge in [-0.2, -0.15) is 25.3 Å². The first-order valence-corrected chi connectivity index (χ1v) is 22.7. The first-order chi connectivity index (χ1) is 26.9. The molecular weight excluding hydrogens is 965 g/mol. The molecule has 0 atom stereocenters. The fraction of sp³-hybridized carbons (Fsp3) is 0.167. The van der Waals surface area contributed by atoms with Crippen LogP contribution in [-0.2, 0) is 49.6 Å². The topological polar surface area (TPSA) is 264 Å². The Kier molecular flexibility index (Phi) is 14.6. The summed E-state index contributed by atoms with van der Waals surface area (Å²) in [6.07, 6.45) is -0.509. The van der Waals surface area contributed by atoms with Gasteiger partial charge in [0.1, 0.15) is 43.4 Å². The molecule has 0 saturated carbocycles. The summed E-state index contributed by atoms with van der Waals surface area (Å²) in [6, 6.07) is 7.73. The van der Waals surface area contributed by atoms with E-state index >= 15 is 0 Å². The van der Waals surface area contributed by atoms with E-state index in [0.29, 0.717) is 11.1 Å². The number of phenols is 5. The van der Waals surface area contributed by atoms with Crippen LogP contribution < -0.4 is 0 Å². The van der Waals surface area contributed by atoms with Crippen molar-refractivity contribution in [2.24, 2.45) is 0 Å². The van der Waals surface area contributed by atoms with Crippen molar-refractivity contribution in [3.63, 3.8) is 0 Å². The lowest BCUT2D eigenvalue weighted by molar-refractivity contribution is 0.437. The predicted octanol–water partition coefficient (Wildman–Crippen LogP) is 9.26. The van der Waals surface area contributed by atoms with E-state index in [1.165, 1.54) is 32.9 Å². The van der Waals surface area contributed by atoms with Crippen molar-refractivity contribution in [3.8, 4) is 28.7 Å². The number of hydrogen-bond acceptors (Lipinski definition) is 11. The number of phenolic OH excluding ortho intramolecular Hbond substituents is 5. The third kappa shape index (κ3) is 10.7. The van der Waals surface area contributed by atoms with E-state index in [9.17, 15) is 64.4 Å². The van der Waals surface area contributed by atoms with Crippen molar-refractivity contribution in [1.82, 2.24) is 0 Å². The molecule has 59 heavy (non-hydrogen) atoms. The first kappa shape index (κ1) is 48.2. The Labute approximate surface area is 368 Å². The number of aryl methyl sites for hydroxylation is 2. The molecule has 0 aliphatic carbocycles. The maximum atomic E-state index is 12.1. The third-order valence-electron chi connectivity index (χ3n) is 9.01. The van der Waals surface area contributed by atoms with Crippen molar-refractivity contribution < 1.29 is 64.4 Å². The second-order valence-electron chi connectivity index (χ2n) is 12.9. The van der Waals surface area contributed by atoms with E-state index in [-0.39, 0.29) is 99.8 Å². The second-order valence-corrected chi connectivity index (χ2v) is 19.5. The summed E-state index contributed by atoms with van der Waals surface area (Å²) in [7, 11) is -14.6. The molecule has 0 unspecified atom stereocenters. The summed E-state index contributed by atoms with van der Waals surface area (Å²) in [6.45, 7) is 4.52. The Balaban J connectivity index is 0.000000308. The van der Waals surface area contributed by atoms with Gasteiger partial charge in [0.2, 0.25) is 0 Å². The van der Waals surface area contributed by atoms with Crippen LogP contribution in [0.15, 0.2) is 57.2 Å². The van der Waals surface area contributed by atoms with Crippen LogP contribution in [0.4, 0.5) is 0 Å². The molecule has 0 spiro atoms. The molecule has 0 fully saturated rings. The Bertz CT molecular complexity index is 2770. The van der Waals surface area contributed by atoms with E-state index in [1.54, 1.807) is 0 Å². The molecule has 0 aliphatic heterocycles. The van der Waals surface area contributed by atoms with Gasteiger partial charge >= 0.3 is 0 Å². The van der Waals surface area contributed by atoms with Gasteiger partial charge in [0.05, 0.1) is 30.1 Å². The Morgan fingerprint density at radius 1 is 0.424 bits per heavy atom. The van der Waals surface area contributed by atoms with Gasteiger partial charge in [0.25, 0.3) is 30.4 Å². The summed E-state index contributed by atoms with van der Waals surface area (Å²) in [4.78, 5) is -2.45. The van der Waals surface area contributed by atoms with Crippen molar-refractivity contribution in [2.75, 3.05) is 0 Å². The monoisotopic (exact) mass is 992 g/mol. The molecule has 0 aliphatic rings. The van der Waals surface area contributed by atoms with Gasteiger partial charge in [-0.3, -0.25) is 13.7 Å². The molecule has 8 N–H and O–H groups in total. The number of benzene rings is 5. The van der Waals surface area contributed by atoms with Crippen LogP contribution in [0.1, 0.15) is 50.1 Å². The van der Waals surface area contributed by atoms with Crippen LogP contribution in [-0.4, -0.2) is 64.4 Å². The largest absolute Gasteiger partial charge is 0.506 e. The molecule has 5 aromatic carbocycles. The molecule has 318 valence electrons. The smallest absolute Gasteiger partial charge is 0.298 e. The highest BCUT2D eigenvalue weighted by Gasteiger charge is 2.26. The zero-order valence-corrected chi connectivity index (χ0v) is 37.2. The molecule has 0 radical (unpaired) electrons. The van der Waals surface area contributed by atoms with E-state index < -0.39 is 62.3 Å². The lowest BCUT2D eigenvalue weighted by atomic mass is 9.90. The van der Waals surface area contributed by atoms with Crippen molar-refractivity contribution in [2.45, 2.75) is 54.7 Å². The van der Waals surface area contributed by atoms with Gasteiger partial charge in [0.15, 0.2) is 0 Å². The van der Waals surface area contributed by atoms with Crippen molar-refractivity contribution in [3.05, 3.63) is 123 Å². The summed E-state index contributed by atoms with van der Waals surface area (Å²) in [5.41, 5.74) is 2.02. The lowest BCUT2D eigenvalue weighted by Gasteiger charge is -2.19. The molecular formula is C36H30Cl6O14S3. The average Bonchev–Trinajstić information content (AvgIpc) is 3.09. The Morgan fingerprint density at radius 2 is 0.780 bits per heavy atom. The summed E-state index contributed by atoms with van der Waals surface area (Å²) >= 11 is 35.7. The molecule has 23 heteroatoms. The number of halogens is 6. The van der Waals surface area contributed by atoms with Crippen LogP contribution >= 0.6 is 69.6 Å². The van der Waals surface area contributed by atoms with E-state index in [4.69, 9.17) is 69.6 Å². The highest BCUT2D eigenvalue weighted by molar-refractivity contribution is 7.86. The van der Waals surface area contributed by atoms with Gasteiger partial charge in [-0.15, -0.1) is 0 Å². The Hall–Kier alpha value is -3.43. The minimum absolute atomic E-state index is 0.0307. The molecule has 5 rings (SSSR count). The quantitative estimate of drug-likeness (QED) is 0.0506. The van der Waals surface area contributed by atoms with E-state index in [2.05, 4.69) is 0 Å². The van der Waals surface area contributed by atoms with Crippen molar-refractivity contribution >= 4 is 100.0 Å². The molecule has 14 nitrogen and oxygen atoms in total. The van der Waals surface area contributed by atoms with Crippen LogP contribution in [0.25, 0.3) is 0 Å². The SMILES string of the molecule is Cc1cc(O)c(S(=O)(=O)O)cc1Cc1cc(S(=O)(=O)O)c(O)c(Cc2cc(S(=O)(=O)O)c(O)cc2C)c1C.Oc1c(Cl)cc(Cl)c(Cl)c1Cc1c(O)c(Cl)cc(Cl)c1Cl. The molecule has 5 aromatic rings. The van der Waals surface area contributed by atoms with Gasteiger partial charge in [-0.25, -0.2) is 0 Å². The maximum absolute atomic E-state index is 12.1. The summed E-state index contributed by atoms with van der Waals surface area (Å²) < 4.78 is 99.3. The summed E-state index contributed by atoms with van der Waals surface area (Å²) in [5.74, 6) is -2.75. The molecule has 0 amide bonds. The molecule has 0 heterocycles. The molecule has 0 saturated heterocycles. The zero-order chi connectivity index (χ0) is 44.9. The number of hydrogen-bond donors (Lipinski definition) is 8. The highest BCUT2D eigenvalue weighted by Crippen LogP contribution is 2.45. The Morgan fingerprint density at radius 3 is 1.15 bits per heavy atom.